The summed E-state index contributed by atoms with van der Waals surface area (Å²) in [5, 5.41) is 14.0. The predicted molar refractivity (Wildman–Crippen MR) is 79.8 cm³/mol. The maximum absolute atomic E-state index is 11.0. The first kappa shape index (κ1) is 16.0. The van der Waals surface area contributed by atoms with Crippen molar-refractivity contribution in [1.29, 1.82) is 0 Å². The van der Waals surface area contributed by atoms with Crippen molar-refractivity contribution in [3.05, 3.63) is 28.3 Å². The second kappa shape index (κ2) is 7.08. The molecule has 1 aromatic carbocycles. The summed E-state index contributed by atoms with van der Waals surface area (Å²) in [6, 6.07) is 4.60. The second-order valence-corrected chi connectivity index (χ2v) is 4.98. The van der Waals surface area contributed by atoms with Crippen molar-refractivity contribution >= 4 is 17.3 Å². The van der Waals surface area contributed by atoms with Gasteiger partial charge in [-0.2, -0.15) is 0 Å². The first-order valence-corrected chi connectivity index (χ1v) is 7.11. The number of nitrogens with zero attached hydrogens (tertiary/aromatic N) is 1. The summed E-state index contributed by atoms with van der Waals surface area (Å²) in [5.74, 6) is -0.226. The molecule has 8 nitrogen and oxygen atoms in total. The van der Waals surface area contributed by atoms with E-state index in [9.17, 15) is 14.9 Å². The molecule has 0 aromatic heterocycles. The van der Waals surface area contributed by atoms with Gasteiger partial charge in [0.05, 0.1) is 17.6 Å². The molecule has 1 aliphatic rings. The van der Waals surface area contributed by atoms with Crippen LogP contribution >= 0.6 is 0 Å². The molecule has 120 valence electrons. The van der Waals surface area contributed by atoms with E-state index >= 15 is 0 Å². The lowest BCUT2D eigenvalue weighted by Gasteiger charge is -2.14. The van der Waals surface area contributed by atoms with Crippen LogP contribution in [0.3, 0.4) is 0 Å². The summed E-state index contributed by atoms with van der Waals surface area (Å²) >= 11 is 0. The molecule has 1 heterocycles. The number of benzene rings is 1. The van der Waals surface area contributed by atoms with Crippen molar-refractivity contribution in [1.82, 2.24) is 0 Å². The molecule has 0 spiro atoms. The second-order valence-electron chi connectivity index (χ2n) is 4.98. The van der Waals surface area contributed by atoms with Crippen LogP contribution in [-0.2, 0) is 9.53 Å². The van der Waals surface area contributed by atoms with Gasteiger partial charge in [-0.05, 0) is 25.8 Å². The molecule has 0 bridgehead atoms. The average Bonchev–Trinajstić information content (AvgIpc) is 2.94. The number of primary amides is 1. The molecule has 2 rings (SSSR count). The van der Waals surface area contributed by atoms with Gasteiger partial charge < -0.3 is 20.5 Å². The maximum Gasteiger partial charge on any atom is 0.311 e. The molecule has 8 heteroatoms. The van der Waals surface area contributed by atoms with Crippen LogP contribution < -0.4 is 15.8 Å². The van der Waals surface area contributed by atoms with Gasteiger partial charge >= 0.3 is 5.69 Å². The fourth-order valence-corrected chi connectivity index (χ4v) is 2.34. The fraction of sp³-hybridized carbons (Fsp3) is 0.500. The number of carbonyl (C=O) groups is 1. The van der Waals surface area contributed by atoms with Crippen LogP contribution in [0.25, 0.3) is 0 Å². The lowest BCUT2D eigenvalue weighted by atomic mass is 10.2. The molecule has 1 saturated heterocycles. The monoisotopic (exact) mass is 309 g/mol. The highest BCUT2D eigenvalue weighted by molar-refractivity contribution is 5.79. The molecule has 1 amide bonds. The van der Waals surface area contributed by atoms with Gasteiger partial charge in [-0.25, -0.2) is 0 Å². The van der Waals surface area contributed by atoms with Gasteiger partial charge in [-0.15, -0.1) is 0 Å². The number of nitro benzene ring substituents is 1. The Morgan fingerprint density at radius 2 is 2.32 bits per heavy atom. The van der Waals surface area contributed by atoms with E-state index in [4.69, 9.17) is 15.2 Å². The normalized spacial score (nSPS) is 20.6. The van der Waals surface area contributed by atoms with E-state index in [0.717, 1.165) is 6.42 Å². The van der Waals surface area contributed by atoms with Crippen LogP contribution in [0, 0.1) is 10.1 Å². The Balaban J connectivity index is 1.97. The summed E-state index contributed by atoms with van der Waals surface area (Å²) in [6.45, 7) is 2.60. The highest BCUT2D eigenvalue weighted by Crippen LogP contribution is 2.30. The van der Waals surface area contributed by atoms with Gasteiger partial charge in [0.25, 0.3) is 0 Å². The minimum atomic E-state index is -0.525. The third-order valence-electron chi connectivity index (χ3n) is 3.42. The smallest absolute Gasteiger partial charge is 0.311 e. The van der Waals surface area contributed by atoms with Crippen LogP contribution in [-0.4, -0.2) is 36.2 Å². The Morgan fingerprint density at radius 1 is 1.55 bits per heavy atom. The van der Waals surface area contributed by atoms with Gasteiger partial charge in [0.2, 0.25) is 5.91 Å². The van der Waals surface area contributed by atoms with Crippen LogP contribution in [0.4, 0.5) is 11.4 Å². The van der Waals surface area contributed by atoms with Crippen LogP contribution in [0.15, 0.2) is 18.2 Å². The summed E-state index contributed by atoms with van der Waals surface area (Å²) in [7, 11) is 0. The van der Waals surface area contributed by atoms with Gasteiger partial charge in [0.15, 0.2) is 5.75 Å². The molecule has 0 radical (unpaired) electrons. The number of hydrogen-bond acceptors (Lipinski definition) is 6. The Hall–Kier alpha value is -2.35. The molecule has 1 fully saturated rings. The summed E-state index contributed by atoms with van der Waals surface area (Å²) in [6.07, 6.45) is 0.726. The molecule has 1 aromatic rings. The Morgan fingerprint density at radius 3 is 2.91 bits per heavy atom. The molecule has 0 aliphatic carbocycles. The Kier molecular flexibility index (Phi) is 5.16. The fourth-order valence-electron chi connectivity index (χ4n) is 2.34. The molecule has 3 N–H and O–H groups in total. The molecular weight excluding hydrogens is 290 g/mol. The third kappa shape index (κ3) is 3.85. The van der Waals surface area contributed by atoms with E-state index in [0.29, 0.717) is 25.3 Å². The van der Waals surface area contributed by atoms with E-state index < -0.39 is 16.9 Å². The summed E-state index contributed by atoms with van der Waals surface area (Å²) < 4.78 is 10.8. The van der Waals surface area contributed by atoms with Gasteiger partial charge in [-0.3, -0.25) is 14.9 Å². The van der Waals surface area contributed by atoms with E-state index in [1.807, 2.05) is 0 Å². The van der Waals surface area contributed by atoms with Crippen molar-refractivity contribution in [2.75, 3.05) is 18.5 Å². The highest BCUT2D eigenvalue weighted by Gasteiger charge is 2.28. The van der Waals surface area contributed by atoms with E-state index in [1.165, 1.54) is 6.07 Å². The Bertz CT molecular complexity index is 563. The Labute approximate surface area is 127 Å². The number of ether oxygens (including phenoxy) is 2. The largest absolute Gasteiger partial charge is 0.487 e. The van der Waals surface area contributed by atoms with Crippen LogP contribution in [0.5, 0.6) is 5.75 Å². The minimum absolute atomic E-state index is 0.0710. The van der Waals surface area contributed by atoms with E-state index in [2.05, 4.69) is 5.32 Å². The molecule has 1 aliphatic heterocycles. The minimum Gasteiger partial charge on any atom is -0.487 e. The average molecular weight is 309 g/mol. The third-order valence-corrected chi connectivity index (χ3v) is 3.42. The number of nitrogens with two attached hydrogens (primary N) is 1. The molecule has 2 atom stereocenters. The zero-order chi connectivity index (χ0) is 16.1. The number of nitro groups is 1. The molecular formula is C14H19N3O5. The number of anilines is 1. The lowest BCUT2D eigenvalue weighted by Crippen LogP contribution is -2.30. The first-order valence-electron chi connectivity index (χ1n) is 7.11. The maximum atomic E-state index is 11.0. The van der Waals surface area contributed by atoms with Crippen LogP contribution in [0.1, 0.15) is 19.8 Å². The first-order chi connectivity index (χ1) is 10.5. The van der Waals surface area contributed by atoms with Crippen molar-refractivity contribution in [3.8, 4) is 5.75 Å². The van der Waals surface area contributed by atoms with Gasteiger partial charge in [-0.1, -0.05) is 0 Å². The predicted octanol–water partition coefficient (Wildman–Crippen LogP) is 1.44. The molecule has 2 unspecified atom stereocenters. The standard InChI is InChI=1S/C14H19N3O5/c1-2-21-13-7-9(3-5-11(13)17(19)20)16-8-10-4-6-12(22-10)14(15)18/h3,5,7,10,12,16H,2,4,6,8H2,1H3,(H2,15,18). The molecule has 0 saturated carbocycles. The summed E-state index contributed by atoms with van der Waals surface area (Å²) in [4.78, 5) is 21.5. The topological polar surface area (TPSA) is 117 Å². The van der Waals surface area contributed by atoms with Crippen molar-refractivity contribution < 1.29 is 19.2 Å². The van der Waals surface area contributed by atoms with E-state index in [1.54, 1.807) is 19.1 Å². The van der Waals surface area contributed by atoms with E-state index in [-0.39, 0.29) is 17.5 Å². The molecule has 22 heavy (non-hydrogen) atoms. The SMILES string of the molecule is CCOc1cc(NCC2CCC(C(N)=O)O2)ccc1[N+](=O)[O-]. The van der Waals surface area contributed by atoms with Crippen molar-refractivity contribution in [2.24, 2.45) is 5.73 Å². The number of nitrogens with one attached hydrogen (secondary N) is 1. The zero-order valence-electron chi connectivity index (χ0n) is 12.3. The van der Waals surface area contributed by atoms with Crippen molar-refractivity contribution in [2.45, 2.75) is 32.0 Å². The quantitative estimate of drug-likeness (QED) is 0.581. The number of hydrogen-bond donors (Lipinski definition) is 2. The van der Waals surface area contributed by atoms with Crippen LogP contribution in [0.2, 0.25) is 0 Å². The number of amides is 1. The number of carbonyl (C=O) groups excluding carboxylic acids is 1. The zero-order valence-corrected chi connectivity index (χ0v) is 12.3. The van der Waals surface area contributed by atoms with Gasteiger partial charge in [0.1, 0.15) is 6.10 Å². The highest BCUT2D eigenvalue weighted by atomic mass is 16.6. The van der Waals surface area contributed by atoms with Crippen molar-refractivity contribution in [3.63, 3.8) is 0 Å². The number of rotatable bonds is 7. The summed E-state index contributed by atoms with van der Waals surface area (Å²) in [5.41, 5.74) is 5.82. The van der Waals surface area contributed by atoms with Gasteiger partial charge in [0, 0.05) is 24.4 Å². The lowest BCUT2D eigenvalue weighted by molar-refractivity contribution is -0.385.